The van der Waals surface area contributed by atoms with Crippen LogP contribution in [0.1, 0.15) is 64.7 Å². The second-order valence-corrected chi connectivity index (χ2v) is 6.23. The number of hydrogen-bond acceptors (Lipinski definition) is 3. The van der Waals surface area contributed by atoms with E-state index in [1.807, 2.05) is 0 Å². The minimum Gasteiger partial charge on any atom is -0.391 e. The zero-order valence-electron chi connectivity index (χ0n) is 11.9. The maximum Gasteiger partial charge on any atom is 0.0695 e. The number of nitrogens with two attached hydrogens (primary N) is 1. The van der Waals surface area contributed by atoms with E-state index >= 15 is 0 Å². The van der Waals surface area contributed by atoms with Gasteiger partial charge in [-0.05, 0) is 51.5 Å². The average molecular weight is 254 g/mol. The molecule has 0 saturated heterocycles. The van der Waals surface area contributed by atoms with E-state index in [2.05, 4.69) is 11.8 Å². The maximum absolute atomic E-state index is 10.3. The van der Waals surface area contributed by atoms with Crippen LogP contribution in [0.25, 0.3) is 0 Å². The molecule has 0 aromatic carbocycles. The van der Waals surface area contributed by atoms with Gasteiger partial charge in [0.05, 0.1) is 6.10 Å². The molecule has 2 unspecified atom stereocenters. The fraction of sp³-hybridized carbons (Fsp3) is 1.00. The first-order chi connectivity index (χ1) is 8.72. The fourth-order valence-electron chi connectivity index (χ4n) is 3.79. The van der Waals surface area contributed by atoms with E-state index in [0.29, 0.717) is 18.1 Å². The zero-order chi connectivity index (χ0) is 13.0. The molecule has 2 atom stereocenters. The molecule has 2 fully saturated rings. The molecule has 0 spiro atoms. The summed E-state index contributed by atoms with van der Waals surface area (Å²) < 4.78 is 0. The number of rotatable bonds is 4. The molecule has 0 amide bonds. The molecule has 3 N–H and O–H groups in total. The number of aliphatic hydroxyl groups excluding tert-OH is 1. The molecule has 2 aliphatic rings. The minimum absolute atomic E-state index is 0.0964. The molecule has 3 nitrogen and oxygen atoms in total. The van der Waals surface area contributed by atoms with E-state index in [1.54, 1.807) is 0 Å². The van der Waals surface area contributed by atoms with E-state index < -0.39 is 0 Å². The molecule has 0 bridgehead atoms. The number of hydrogen-bond donors (Lipinski definition) is 2. The topological polar surface area (TPSA) is 49.5 Å². The molecule has 2 rings (SSSR count). The van der Waals surface area contributed by atoms with Gasteiger partial charge in [-0.15, -0.1) is 0 Å². The quantitative estimate of drug-likeness (QED) is 0.809. The summed E-state index contributed by atoms with van der Waals surface area (Å²) in [6, 6.07) is 1.50. The minimum atomic E-state index is -0.0964. The summed E-state index contributed by atoms with van der Waals surface area (Å²) in [6.45, 7) is 3.39. The molecule has 18 heavy (non-hydrogen) atoms. The predicted octanol–water partition coefficient (Wildman–Crippen LogP) is 2.27. The van der Waals surface area contributed by atoms with Crippen LogP contribution in [-0.2, 0) is 0 Å². The van der Waals surface area contributed by atoms with Gasteiger partial charge in [0.2, 0.25) is 0 Å². The molecule has 0 aliphatic heterocycles. The summed E-state index contributed by atoms with van der Waals surface area (Å²) in [4.78, 5) is 2.62. The molecular formula is C15H30N2O. The lowest BCUT2D eigenvalue weighted by Gasteiger charge is -2.44. The fourth-order valence-corrected chi connectivity index (χ4v) is 3.79. The Morgan fingerprint density at radius 2 is 1.72 bits per heavy atom. The smallest absolute Gasteiger partial charge is 0.0695 e. The van der Waals surface area contributed by atoms with Crippen LogP contribution in [0.4, 0.5) is 0 Å². The van der Waals surface area contributed by atoms with Crippen LogP contribution in [0.5, 0.6) is 0 Å². The van der Waals surface area contributed by atoms with Crippen molar-refractivity contribution in [1.29, 1.82) is 0 Å². The Kier molecular flexibility index (Phi) is 5.46. The average Bonchev–Trinajstić information content (AvgIpc) is 2.38. The molecule has 0 heterocycles. The van der Waals surface area contributed by atoms with Gasteiger partial charge in [-0.3, -0.25) is 4.90 Å². The summed E-state index contributed by atoms with van der Waals surface area (Å²) in [6.07, 6.45) is 10.5. The third kappa shape index (κ3) is 3.46. The summed E-state index contributed by atoms with van der Waals surface area (Å²) in [5, 5.41) is 10.3. The monoisotopic (exact) mass is 254 g/mol. The van der Waals surface area contributed by atoms with Gasteiger partial charge < -0.3 is 10.8 Å². The summed E-state index contributed by atoms with van der Waals surface area (Å²) in [7, 11) is 0. The second-order valence-electron chi connectivity index (χ2n) is 6.23. The van der Waals surface area contributed by atoms with Crippen LogP contribution >= 0.6 is 0 Å². The molecule has 0 aromatic heterocycles. The van der Waals surface area contributed by atoms with Crippen molar-refractivity contribution < 1.29 is 5.11 Å². The lowest BCUT2D eigenvalue weighted by molar-refractivity contribution is -0.0110. The van der Waals surface area contributed by atoms with E-state index in [9.17, 15) is 5.11 Å². The van der Waals surface area contributed by atoms with E-state index in [0.717, 1.165) is 25.8 Å². The third-order valence-electron chi connectivity index (χ3n) is 4.81. The number of nitrogens with zero attached hydrogens (tertiary/aromatic N) is 1. The highest BCUT2D eigenvalue weighted by atomic mass is 16.3. The van der Waals surface area contributed by atoms with Crippen molar-refractivity contribution in [3.8, 4) is 0 Å². The number of aliphatic hydroxyl groups is 1. The van der Waals surface area contributed by atoms with Crippen molar-refractivity contribution in [2.45, 2.75) is 88.9 Å². The van der Waals surface area contributed by atoms with Crippen molar-refractivity contribution in [3.05, 3.63) is 0 Å². The molecule has 2 aliphatic carbocycles. The van der Waals surface area contributed by atoms with Crippen LogP contribution in [0.3, 0.4) is 0 Å². The molecule has 3 heteroatoms. The van der Waals surface area contributed by atoms with Crippen LogP contribution in [0, 0.1) is 0 Å². The molecule has 2 saturated carbocycles. The largest absolute Gasteiger partial charge is 0.391 e. The maximum atomic E-state index is 10.3. The SMILES string of the molecule is CCCN(C1CCC(N)CC1)C1CCCCC1O. The first-order valence-corrected chi connectivity index (χ1v) is 7.91. The molecule has 0 radical (unpaired) electrons. The van der Waals surface area contributed by atoms with Crippen LogP contribution in [0.2, 0.25) is 0 Å². The standard InChI is InChI=1S/C15H30N2O/c1-2-11-17(13-9-7-12(16)8-10-13)14-5-3-4-6-15(14)18/h12-15,18H,2-11,16H2,1H3. The predicted molar refractivity (Wildman–Crippen MR) is 75.5 cm³/mol. The van der Waals surface area contributed by atoms with Gasteiger partial charge in [-0.2, -0.15) is 0 Å². The second kappa shape index (κ2) is 6.88. The Balaban J connectivity index is 1.97. The Labute approximate surface area is 112 Å². The van der Waals surface area contributed by atoms with Crippen molar-refractivity contribution in [1.82, 2.24) is 4.90 Å². The molecule has 106 valence electrons. The van der Waals surface area contributed by atoms with Gasteiger partial charge in [0, 0.05) is 18.1 Å². The van der Waals surface area contributed by atoms with Gasteiger partial charge in [0.25, 0.3) is 0 Å². The zero-order valence-corrected chi connectivity index (χ0v) is 11.9. The summed E-state index contributed by atoms with van der Waals surface area (Å²) in [5.74, 6) is 0. The van der Waals surface area contributed by atoms with Crippen LogP contribution < -0.4 is 5.73 Å². The lowest BCUT2D eigenvalue weighted by Crippen LogP contribution is -2.52. The highest BCUT2D eigenvalue weighted by molar-refractivity contribution is 4.89. The molecule has 0 aromatic rings. The Morgan fingerprint density at radius 3 is 2.33 bits per heavy atom. The van der Waals surface area contributed by atoms with E-state index in [1.165, 1.54) is 38.5 Å². The highest BCUT2D eigenvalue weighted by Gasteiger charge is 2.33. The van der Waals surface area contributed by atoms with Gasteiger partial charge in [-0.25, -0.2) is 0 Å². The first-order valence-electron chi connectivity index (χ1n) is 7.91. The Bertz CT molecular complexity index is 239. The lowest BCUT2D eigenvalue weighted by atomic mass is 9.85. The molecular weight excluding hydrogens is 224 g/mol. The van der Waals surface area contributed by atoms with Crippen LogP contribution in [0.15, 0.2) is 0 Å². The first kappa shape index (κ1) is 14.3. The highest BCUT2D eigenvalue weighted by Crippen LogP contribution is 2.30. The van der Waals surface area contributed by atoms with Gasteiger partial charge in [0.1, 0.15) is 0 Å². The van der Waals surface area contributed by atoms with E-state index in [-0.39, 0.29) is 6.10 Å². The summed E-state index contributed by atoms with van der Waals surface area (Å²) in [5.41, 5.74) is 6.01. The van der Waals surface area contributed by atoms with Crippen molar-refractivity contribution in [2.75, 3.05) is 6.54 Å². The van der Waals surface area contributed by atoms with Crippen LogP contribution in [-0.4, -0.2) is 40.8 Å². The normalized spacial score (nSPS) is 38.0. The van der Waals surface area contributed by atoms with Gasteiger partial charge in [0.15, 0.2) is 0 Å². The van der Waals surface area contributed by atoms with Gasteiger partial charge in [-0.1, -0.05) is 19.8 Å². The van der Waals surface area contributed by atoms with Crippen molar-refractivity contribution in [3.63, 3.8) is 0 Å². The Morgan fingerprint density at radius 1 is 1.06 bits per heavy atom. The van der Waals surface area contributed by atoms with Crippen molar-refractivity contribution >= 4 is 0 Å². The summed E-state index contributed by atoms with van der Waals surface area (Å²) >= 11 is 0. The van der Waals surface area contributed by atoms with Gasteiger partial charge >= 0.3 is 0 Å². The third-order valence-corrected chi connectivity index (χ3v) is 4.81. The van der Waals surface area contributed by atoms with Crippen molar-refractivity contribution in [2.24, 2.45) is 5.73 Å². The van der Waals surface area contributed by atoms with E-state index in [4.69, 9.17) is 5.73 Å². The Hall–Kier alpha value is -0.120.